The first-order valence-corrected chi connectivity index (χ1v) is 6.67. The number of rotatable bonds is 8. The van der Waals surface area contributed by atoms with E-state index in [0.29, 0.717) is 24.9 Å². The zero-order chi connectivity index (χ0) is 14.1. The highest BCUT2D eigenvalue weighted by Gasteiger charge is 2.06. The Labute approximate surface area is 114 Å². The van der Waals surface area contributed by atoms with Crippen LogP contribution in [0.25, 0.3) is 0 Å². The minimum Gasteiger partial charge on any atom is -0.385 e. The molecule has 0 aliphatic carbocycles. The summed E-state index contributed by atoms with van der Waals surface area (Å²) < 4.78 is 4.92. The molecular weight excluding hydrogens is 242 g/mol. The van der Waals surface area contributed by atoms with Crippen molar-refractivity contribution in [3.8, 4) is 0 Å². The molecular formula is C14H23N3O2. The summed E-state index contributed by atoms with van der Waals surface area (Å²) >= 11 is 0. The number of amides is 1. The first kappa shape index (κ1) is 15.4. The second-order valence-electron chi connectivity index (χ2n) is 4.49. The number of nitrogens with zero attached hydrogens (tertiary/aromatic N) is 1. The van der Waals surface area contributed by atoms with Crippen LogP contribution in [0.5, 0.6) is 0 Å². The fraction of sp³-hybridized carbons (Fsp3) is 0.571. The minimum absolute atomic E-state index is 0.147. The average molecular weight is 265 g/mol. The van der Waals surface area contributed by atoms with E-state index in [9.17, 15) is 4.79 Å². The minimum atomic E-state index is -0.147. The van der Waals surface area contributed by atoms with Crippen LogP contribution in [-0.4, -0.2) is 37.2 Å². The Hall–Kier alpha value is -1.62. The Kier molecular flexibility index (Phi) is 6.89. The van der Waals surface area contributed by atoms with E-state index in [1.165, 1.54) is 0 Å². The number of methoxy groups -OCH3 is 1. The highest BCUT2D eigenvalue weighted by Crippen LogP contribution is 2.09. The number of hydrogen-bond acceptors (Lipinski definition) is 4. The van der Waals surface area contributed by atoms with Gasteiger partial charge < -0.3 is 15.4 Å². The third kappa shape index (κ3) is 5.70. The van der Waals surface area contributed by atoms with Crippen LogP contribution in [0.3, 0.4) is 0 Å². The van der Waals surface area contributed by atoms with Crippen molar-refractivity contribution in [2.45, 2.75) is 32.7 Å². The van der Waals surface area contributed by atoms with Crippen molar-refractivity contribution >= 4 is 11.6 Å². The number of carbonyl (C=O) groups is 1. The number of ether oxygens (including phenoxy) is 1. The lowest BCUT2D eigenvalue weighted by Gasteiger charge is -2.12. The molecule has 0 aliphatic rings. The summed E-state index contributed by atoms with van der Waals surface area (Å²) in [5.74, 6) is -0.147. The average Bonchev–Trinajstić information content (AvgIpc) is 2.44. The Morgan fingerprint density at radius 1 is 1.47 bits per heavy atom. The van der Waals surface area contributed by atoms with Crippen molar-refractivity contribution in [1.82, 2.24) is 10.3 Å². The van der Waals surface area contributed by atoms with Crippen LogP contribution in [0.4, 0.5) is 5.69 Å². The van der Waals surface area contributed by atoms with Gasteiger partial charge in [0.05, 0.1) is 11.9 Å². The standard InChI is InChI=1S/C14H23N3O2/c1-4-11(2)17-12-6-7-13(16-10-12)14(18)15-8-5-9-19-3/h6-7,10-11,17H,4-5,8-9H2,1-3H3,(H,15,18). The van der Waals surface area contributed by atoms with E-state index in [4.69, 9.17) is 4.74 Å². The maximum atomic E-state index is 11.8. The van der Waals surface area contributed by atoms with Crippen LogP contribution in [0.15, 0.2) is 18.3 Å². The highest BCUT2D eigenvalue weighted by atomic mass is 16.5. The molecule has 1 unspecified atom stereocenters. The van der Waals surface area contributed by atoms with Crippen molar-refractivity contribution in [3.05, 3.63) is 24.0 Å². The van der Waals surface area contributed by atoms with Gasteiger partial charge in [-0.25, -0.2) is 4.98 Å². The fourth-order valence-corrected chi connectivity index (χ4v) is 1.51. The van der Waals surface area contributed by atoms with E-state index in [0.717, 1.165) is 18.5 Å². The molecule has 1 rings (SSSR count). The van der Waals surface area contributed by atoms with Gasteiger partial charge in [-0.15, -0.1) is 0 Å². The maximum absolute atomic E-state index is 11.8. The Balaban J connectivity index is 2.44. The molecule has 0 saturated heterocycles. The molecule has 5 heteroatoms. The molecule has 0 aliphatic heterocycles. The van der Waals surface area contributed by atoms with E-state index in [1.54, 1.807) is 19.4 Å². The van der Waals surface area contributed by atoms with Crippen LogP contribution >= 0.6 is 0 Å². The molecule has 19 heavy (non-hydrogen) atoms. The number of anilines is 1. The number of pyridine rings is 1. The first-order chi connectivity index (χ1) is 9.17. The van der Waals surface area contributed by atoms with E-state index in [2.05, 4.69) is 29.5 Å². The Morgan fingerprint density at radius 2 is 2.26 bits per heavy atom. The lowest BCUT2D eigenvalue weighted by Crippen LogP contribution is -2.26. The molecule has 1 atom stereocenters. The zero-order valence-corrected chi connectivity index (χ0v) is 11.9. The number of carbonyl (C=O) groups excluding carboxylic acids is 1. The molecule has 0 radical (unpaired) electrons. The molecule has 106 valence electrons. The van der Waals surface area contributed by atoms with E-state index in [-0.39, 0.29) is 5.91 Å². The normalized spacial score (nSPS) is 11.9. The first-order valence-electron chi connectivity index (χ1n) is 6.67. The summed E-state index contributed by atoms with van der Waals surface area (Å²) in [6.07, 6.45) is 3.54. The van der Waals surface area contributed by atoms with Crippen molar-refractivity contribution in [3.63, 3.8) is 0 Å². The Morgan fingerprint density at radius 3 is 2.84 bits per heavy atom. The number of aromatic nitrogens is 1. The smallest absolute Gasteiger partial charge is 0.269 e. The van der Waals surface area contributed by atoms with E-state index >= 15 is 0 Å². The molecule has 0 aromatic carbocycles. The van der Waals surface area contributed by atoms with Gasteiger partial charge in [0, 0.05) is 26.3 Å². The van der Waals surface area contributed by atoms with Gasteiger partial charge in [0.15, 0.2) is 0 Å². The quantitative estimate of drug-likeness (QED) is 0.706. The topological polar surface area (TPSA) is 63.2 Å². The molecule has 2 N–H and O–H groups in total. The van der Waals surface area contributed by atoms with Gasteiger partial charge >= 0.3 is 0 Å². The van der Waals surface area contributed by atoms with Crippen molar-refractivity contribution < 1.29 is 9.53 Å². The van der Waals surface area contributed by atoms with Crippen molar-refractivity contribution in [2.24, 2.45) is 0 Å². The molecule has 1 heterocycles. The monoisotopic (exact) mass is 265 g/mol. The van der Waals surface area contributed by atoms with E-state index < -0.39 is 0 Å². The summed E-state index contributed by atoms with van der Waals surface area (Å²) in [5.41, 5.74) is 1.37. The highest BCUT2D eigenvalue weighted by molar-refractivity contribution is 5.92. The molecule has 1 amide bonds. The third-order valence-electron chi connectivity index (χ3n) is 2.83. The van der Waals surface area contributed by atoms with Crippen LogP contribution < -0.4 is 10.6 Å². The van der Waals surface area contributed by atoms with Crippen LogP contribution in [0, 0.1) is 0 Å². The van der Waals surface area contributed by atoms with Crippen molar-refractivity contribution in [1.29, 1.82) is 0 Å². The zero-order valence-electron chi connectivity index (χ0n) is 11.9. The molecule has 5 nitrogen and oxygen atoms in total. The summed E-state index contributed by atoms with van der Waals surface area (Å²) in [6.45, 7) is 5.47. The van der Waals surface area contributed by atoms with E-state index in [1.807, 2.05) is 6.07 Å². The lowest BCUT2D eigenvalue weighted by molar-refractivity contribution is 0.0943. The molecule has 1 aromatic heterocycles. The third-order valence-corrected chi connectivity index (χ3v) is 2.83. The van der Waals surface area contributed by atoms with Gasteiger partial charge in [-0.2, -0.15) is 0 Å². The fourth-order valence-electron chi connectivity index (χ4n) is 1.51. The summed E-state index contributed by atoms with van der Waals surface area (Å²) in [6, 6.07) is 4.01. The van der Waals surface area contributed by atoms with Crippen LogP contribution in [0.1, 0.15) is 37.2 Å². The van der Waals surface area contributed by atoms with Gasteiger partial charge in [0.2, 0.25) is 0 Å². The second kappa shape index (κ2) is 8.48. The molecule has 0 bridgehead atoms. The lowest BCUT2D eigenvalue weighted by atomic mass is 10.2. The van der Waals surface area contributed by atoms with Crippen molar-refractivity contribution in [2.75, 3.05) is 25.6 Å². The predicted octanol–water partition coefficient (Wildman–Crippen LogP) is 2.06. The molecule has 1 aromatic rings. The van der Waals surface area contributed by atoms with Gasteiger partial charge in [-0.1, -0.05) is 6.92 Å². The SMILES string of the molecule is CCC(C)Nc1ccc(C(=O)NCCCOC)nc1. The largest absolute Gasteiger partial charge is 0.385 e. The predicted molar refractivity (Wildman–Crippen MR) is 76.4 cm³/mol. The summed E-state index contributed by atoms with van der Waals surface area (Å²) in [5, 5.41) is 6.11. The van der Waals surface area contributed by atoms with Gasteiger partial charge in [-0.05, 0) is 31.9 Å². The van der Waals surface area contributed by atoms with Crippen LogP contribution in [-0.2, 0) is 4.74 Å². The number of hydrogen-bond donors (Lipinski definition) is 2. The summed E-state index contributed by atoms with van der Waals surface area (Å²) in [4.78, 5) is 15.9. The molecule has 0 spiro atoms. The molecule has 0 saturated carbocycles. The molecule has 0 fully saturated rings. The second-order valence-corrected chi connectivity index (χ2v) is 4.49. The summed E-state index contributed by atoms with van der Waals surface area (Å²) in [7, 11) is 1.65. The maximum Gasteiger partial charge on any atom is 0.269 e. The van der Waals surface area contributed by atoms with Gasteiger partial charge in [0.1, 0.15) is 5.69 Å². The number of nitrogens with one attached hydrogen (secondary N) is 2. The van der Waals surface area contributed by atoms with Gasteiger partial charge in [-0.3, -0.25) is 4.79 Å². The van der Waals surface area contributed by atoms with Crippen LogP contribution in [0.2, 0.25) is 0 Å². The Bertz CT molecular complexity index is 379. The van der Waals surface area contributed by atoms with Gasteiger partial charge in [0.25, 0.3) is 5.91 Å².